The largest absolute Gasteiger partial charge is 0.416 e. The zero-order valence-corrected chi connectivity index (χ0v) is 13.9. The molecule has 0 saturated heterocycles. The molecule has 124 valence electrons. The van der Waals surface area contributed by atoms with Gasteiger partial charge in [-0.15, -0.1) is 0 Å². The Kier molecular flexibility index (Phi) is 4.84. The highest BCUT2D eigenvalue weighted by molar-refractivity contribution is 7.92. The van der Waals surface area contributed by atoms with Crippen LogP contribution in [-0.4, -0.2) is 15.5 Å². The van der Waals surface area contributed by atoms with Crippen LogP contribution in [0.5, 0.6) is 0 Å². The smallest absolute Gasteiger partial charge is 0.268 e. The number of hydrogen-bond donors (Lipinski definition) is 0. The van der Waals surface area contributed by atoms with Crippen molar-refractivity contribution < 1.29 is 21.6 Å². The van der Waals surface area contributed by atoms with Crippen LogP contribution in [0, 0.1) is 0 Å². The summed E-state index contributed by atoms with van der Waals surface area (Å²) in [6, 6.07) is 7.75. The van der Waals surface area contributed by atoms with Crippen molar-refractivity contribution in [3.05, 3.63) is 58.1 Å². The van der Waals surface area contributed by atoms with Crippen molar-refractivity contribution >= 4 is 38.9 Å². The van der Waals surface area contributed by atoms with Crippen LogP contribution in [0.15, 0.2) is 47.4 Å². The minimum Gasteiger partial charge on any atom is -0.268 e. The highest BCUT2D eigenvalue weighted by Gasteiger charge is 2.32. The Morgan fingerprint density at radius 2 is 1.57 bits per heavy atom. The molecule has 0 unspecified atom stereocenters. The second kappa shape index (κ2) is 6.22. The second-order valence-electron chi connectivity index (χ2n) is 4.59. The minimum absolute atomic E-state index is 0.113. The Hall–Kier alpha value is -1.44. The van der Waals surface area contributed by atoms with E-state index in [1.165, 1.54) is 24.3 Å². The highest BCUT2D eigenvalue weighted by atomic mass is 35.5. The first-order valence-corrected chi connectivity index (χ1v) is 8.34. The molecule has 23 heavy (non-hydrogen) atoms. The molecule has 0 aliphatic rings. The number of rotatable bonds is 3. The molecule has 0 amide bonds. The lowest BCUT2D eigenvalue weighted by molar-refractivity contribution is -0.137. The first-order chi connectivity index (χ1) is 10.5. The third-order valence-electron chi connectivity index (χ3n) is 3.08. The number of anilines is 1. The summed E-state index contributed by atoms with van der Waals surface area (Å²) in [6.45, 7) is 0. The van der Waals surface area contributed by atoms with E-state index in [1.54, 1.807) is 0 Å². The molecule has 0 fully saturated rings. The van der Waals surface area contributed by atoms with Gasteiger partial charge in [0.25, 0.3) is 10.0 Å². The van der Waals surface area contributed by atoms with Gasteiger partial charge in [-0.3, -0.25) is 4.31 Å². The highest BCUT2D eigenvalue weighted by Crippen LogP contribution is 2.36. The van der Waals surface area contributed by atoms with Gasteiger partial charge < -0.3 is 0 Å². The molecule has 0 bridgehead atoms. The lowest BCUT2D eigenvalue weighted by Gasteiger charge is -2.22. The summed E-state index contributed by atoms with van der Waals surface area (Å²) < 4.78 is 64.1. The van der Waals surface area contributed by atoms with E-state index in [4.69, 9.17) is 23.2 Å². The Morgan fingerprint density at radius 1 is 1.00 bits per heavy atom. The fourth-order valence-electron chi connectivity index (χ4n) is 1.82. The van der Waals surface area contributed by atoms with Gasteiger partial charge in [-0.2, -0.15) is 13.2 Å². The lowest BCUT2D eigenvalue weighted by Crippen LogP contribution is -2.27. The molecular formula is C14H10Cl2F3NO2S. The Morgan fingerprint density at radius 3 is 2.09 bits per heavy atom. The van der Waals surface area contributed by atoms with Gasteiger partial charge in [0.2, 0.25) is 0 Å². The van der Waals surface area contributed by atoms with Crippen molar-refractivity contribution in [1.82, 2.24) is 0 Å². The number of sulfonamides is 1. The Labute approximate surface area is 141 Å². The normalized spacial score (nSPS) is 12.3. The van der Waals surface area contributed by atoms with Crippen LogP contribution >= 0.6 is 23.2 Å². The van der Waals surface area contributed by atoms with Crippen molar-refractivity contribution in [2.75, 3.05) is 11.4 Å². The molecule has 2 aromatic carbocycles. The molecule has 3 nitrogen and oxygen atoms in total. The SMILES string of the molecule is CN(c1cc(C(F)(F)F)ccc1Cl)S(=O)(=O)c1ccc(Cl)cc1. The Balaban J connectivity index is 2.51. The average molecular weight is 384 g/mol. The van der Waals surface area contributed by atoms with Gasteiger partial charge >= 0.3 is 6.18 Å². The minimum atomic E-state index is -4.61. The molecule has 2 rings (SSSR count). The van der Waals surface area contributed by atoms with Crippen molar-refractivity contribution in [1.29, 1.82) is 0 Å². The average Bonchev–Trinajstić information content (AvgIpc) is 2.46. The maximum absolute atomic E-state index is 12.8. The van der Waals surface area contributed by atoms with Crippen LogP contribution in [0.1, 0.15) is 5.56 Å². The third-order valence-corrected chi connectivity index (χ3v) is 5.44. The molecule has 0 aliphatic carbocycles. The number of benzene rings is 2. The van der Waals surface area contributed by atoms with E-state index >= 15 is 0 Å². The Bertz CT molecular complexity index is 821. The third kappa shape index (κ3) is 3.73. The molecule has 9 heteroatoms. The quantitative estimate of drug-likeness (QED) is 0.760. The maximum atomic E-state index is 12.8. The van der Waals surface area contributed by atoms with E-state index in [9.17, 15) is 21.6 Å². The zero-order chi connectivity index (χ0) is 17.4. The summed E-state index contributed by atoms with van der Waals surface area (Å²) in [6.07, 6.45) is -4.61. The fraction of sp³-hybridized carbons (Fsp3) is 0.143. The molecule has 0 aromatic heterocycles. The van der Waals surface area contributed by atoms with Crippen LogP contribution < -0.4 is 4.31 Å². The summed E-state index contributed by atoms with van der Waals surface area (Å²) in [5.41, 5.74) is -1.26. The summed E-state index contributed by atoms with van der Waals surface area (Å²) in [7, 11) is -2.94. The standard InChI is InChI=1S/C14H10Cl2F3NO2S/c1-20(23(21,22)11-5-3-10(15)4-6-11)13-8-9(14(17,18)19)2-7-12(13)16/h2-8H,1H3. The predicted molar refractivity (Wildman–Crippen MR) is 83.5 cm³/mol. The predicted octanol–water partition coefficient (Wildman–Crippen LogP) is 4.84. The van der Waals surface area contributed by atoms with Crippen molar-refractivity contribution in [2.24, 2.45) is 0 Å². The van der Waals surface area contributed by atoms with E-state index in [0.717, 1.165) is 19.2 Å². The van der Waals surface area contributed by atoms with Crippen LogP contribution in [0.2, 0.25) is 10.0 Å². The number of hydrogen-bond acceptors (Lipinski definition) is 2. The topological polar surface area (TPSA) is 37.4 Å². The maximum Gasteiger partial charge on any atom is 0.416 e. The van der Waals surface area contributed by atoms with Gasteiger partial charge in [-0.1, -0.05) is 23.2 Å². The molecule has 0 saturated carbocycles. The van der Waals surface area contributed by atoms with Crippen LogP contribution in [0.3, 0.4) is 0 Å². The molecule has 0 atom stereocenters. The summed E-state index contributed by atoms with van der Waals surface area (Å²) in [5, 5.41) is 0.224. The first-order valence-electron chi connectivity index (χ1n) is 6.15. The van der Waals surface area contributed by atoms with E-state index < -0.39 is 21.8 Å². The summed E-state index contributed by atoms with van der Waals surface area (Å²) in [5.74, 6) is 0. The molecule has 0 spiro atoms. The van der Waals surface area contributed by atoms with Gasteiger partial charge in [-0.25, -0.2) is 8.42 Å². The molecule has 0 heterocycles. The van der Waals surface area contributed by atoms with E-state index in [2.05, 4.69) is 0 Å². The molecule has 0 radical (unpaired) electrons. The van der Waals surface area contributed by atoms with Gasteiger partial charge in [0, 0.05) is 12.1 Å². The first kappa shape index (κ1) is 17.9. The van der Waals surface area contributed by atoms with Gasteiger partial charge in [0.05, 0.1) is 21.2 Å². The van der Waals surface area contributed by atoms with Crippen LogP contribution in [0.25, 0.3) is 0 Å². The van der Waals surface area contributed by atoms with E-state index in [0.29, 0.717) is 15.4 Å². The summed E-state index contributed by atoms with van der Waals surface area (Å²) >= 11 is 11.6. The lowest BCUT2D eigenvalue weighted by atomic mass is 10.2. The number of alkyl halides is 3. The zero-order valence-electron chi connectivity index (χ0n) is 11.6. The van der Waals surface area contributed by atoms with E-state index in [-0.39, 0.29) is 15.6 Å². The molecule has 2 aromatic rings. The van der Waals surface area contributed by atoms with Gasteiger partial charge in [-0.05, 0) is 42.5 Å². The molecule has 0 aliphatic heterocycles. The van der Waals surface area contributed by atoms with Crippen LogP contribution in [-0.2, 0) is 16.2 Å². The molecular weight excluding hydrogens is 374 g/mol. The summed E-state index contributed by atoms with van der Waals surface area (Å²) in [4.78, 5) is -0.113. The number of nitrogens with zero attached hydrogens (tertiary/aromatic N) is 1. The van der Waals surface area contributed by atoms with Gasteiger partial charge in [0.15, 0.2) is 0 Å². The fourth-order valence-corrected chi connectivity index (χ4v) is 3.45. The van der Waals surface area contributed by atoms with Crippen molar-refractivity contribution in [2.45, 2.75) is 11.1 Å². The second-order valence-corrected chi connectivity index (χ2v) is 7.40. The van der Waals surface area contributed by atoms with Crippen molar-refractivity contribution in [3.63, 3.8) is 0 Å². The van der Waals surface area contributed by atoms with Crippen LogP contribution in [0.4, 0.5) is 18.9 Å². The van der Waals surface area contributed by atoms with Crippen molar-refractivity contribution in [3.8, 4) is 0 Å². The molecule has 0 N–H and O–H groups in total. The number of halogens is 5. The monoisotopic (exact) mass is 383 g/mol. The van der Waals surface area contributed by atoms with E-state index in [1.807, 2.05) is 0 Å². The van der Waals surface area contributed by atoms with Gasteiger partial charge in [0.1, 0.15) is 0 Å².